The van der Waals surface area contributed by atoms with Gasteiger partial charge in [-0.05, 0) is 42.5 Å². The molecular formula is C16H14FN3. The van der Waals surface area contributed by atoms with Gasteiger partial charge in [-0.15, -0.1) is 0 Å². The first-order chi connectivity index (χ1) is 9.66. The summed E-state index contributed by atoms with van der Waals surface area (Å²) in [4.78, 5) is 6.23. The Bertz CT molecular complexity index is 771. The van der Waals surface area contributed by atoms with Crippen molar-refractivity contribution >= 4 is 28.0 Å². The lowest BCUT2D eigenvalue weighted by Gasteiger charge is -2.21. The number of benzene rings is 2. The van der Waals surface area contributed by atoms with E-state index in [0.29, 0.717) is 5.69 Å². The summed E-state index contributed by atoms with van der Waals surface area (Å²) in [5.74, 6) is -0.257. The molecule has 3 nitrogen and oxygen atoms in total. The number of nitrogens with zero attached hydrogens (tertiary/aromatic N) is 2. The highest BCUT2D eigenvalue weighted by Gasteiger charge is 2.10. The topological polar surface area (TPSA) is 42.1 Å². The summed E-state index contributed by atoms with van der Waals surface area (Å²) in [6.07, 6.45) is 1.71. The van der Waals surface area contributed by atoms with Crippen molar-refractivity contribution < 1.29 is 4.39 Å². The van der Waals surface area contributed by atoms with Crippen LogP contribution in [-0.2, 0) is 0 Å². The highest BCUT2D eigenvalue weighted by molar-refractivity contribution is 5.99. The van der Waals surface area contributed by atoms with Crippen LogP contribution in [0.2, 0.25) is 0 Å². The van der Waals surface area contributed by atoms with Gasteiger partial charge in [-0.2, -0.15) is 0 Å². The Hall–Kier alpha value is -2.62. The van der Waals surface area contributed by atoms with E-state index in [9.17, 15) is 4.39 Å². The van der Waals surface area contributed by atoms with Crippen LogP contribution < -0.4 is 10.6 Å². The van der Waals surface area contributed by atoms with Crippen LogP contribution in [0, 0.1) is 5.82 Å². The Kier molecular flexibility index (Phi) is 2.99. The predicted molar refractivity (Wildman–Crippen MR) is 80.6 cm³/mol. The lowest BCUT2D eigenvalue weighted by molar-refractivity contribution is 0.628. The second-order valence-electron chi connectivity index (χ2n) is 4.61. The van der Waals surface area contributed by atoms with Gasteiger partial charge >= 0.3 is 0 Å². The van der Waals surface area contributed by atoms with Gasteiger partial charge in [-0.25, -0.2) is 4.39 Å². The third-order valence-electron chi connectivity index (χ3n) is 3.33. The first kappa shape index (κ1) is 12.4. The Labute approximate surface area is 116 Å². The largest absolute Gasteiger partial charge is 0.397 e. The molecule has 3 rings (SSSR count). The summed E-state index contributed by atoms with van der Waals surface area (Å²) in [7, 11) is 1.90. The SMILES string of the molecule is CN(c1cccc(F)c1)c1ccc(N)c2ncccc12. The van der Waals surface area contributed by atoms with Crippen molar-refractivity contribution in [3.63, 3.8) is 0 Å². The molecule has 0 aliphatic carbocycles. The zero-order valence-corrected chi connectivity index (χ0v) is 11.0. The van der Waals surface area contributed by atoms with Gasteiger partial charge in [-0.3, -0.25) is 4.98 Å². The summed E-state index contributed by atoms with van der Waals surface area (Å²) in [5.41, 5.74) is 9.06. The predicted octanol–water partition coefficient (Wildman–Crippen LogP) is 3.72. The molecule has 0 fully saturated rings. The zero-order valence-electron chi connectivity index (χ0n) is 11.0. The van der Waals surface area contributed by atoms with Crippen molar-refractivity contribution in [1.82, 2.24) is 4.98 Å². The first-order valence-electron chi connectivity index (χ1n) is 6.29. The first-order valence-corrected chi connectivity index (χ1v) is 6.29. The maximum absolute atomic E-state index is 13.4. The smallest absolute Gasteiger partial charge is 0.125 e. The summed E-state index contributed by atoms with van der Waals surface area (Å²) < 4.78 is 13.4. The summed E-state index contributed by atoms with van der Waals surface area (Å²) >= 11 is 0. The summed E-state index contributed by atoms with van der Waals surface area (Å²) in [6, 6.07) is 14.1. The van der Waals surface area contributed by atoms with Crippen LogP contribution in [0.1, 0.15) is 0 Å². The van der Waals surface area contributed by atoms with E-state index in [1.807, 2.05) is 42.3 Å². The van der Waals surface area contributed by atoms with Crippen molar-refractivity contribution in [1.29, 1.82) is 0 Å². The Balaban J connectivity index is 2.17. The van der Waals surface area contributed by atoms with E-state index >= 15 is 0 Å². The Morgan fingerprint density at radius 1 is 1.10 bits per heavy atom. The lowest BCUT2D eigenvalue weighted by atomic mass is 10.1. The standard InChI is InChI=1S/C16H14FN3/c1-20(12-5-2-4-11(17)10-12)15-8-7-14(18)16-13(15)6-3-9-19-16/h2-10H,18H2,1H3. The van der Waals surface area contributed by atoms with Crippen LogP contribution >= 0.6 is 0 Å². The molecule has 0 atom stereocenters. The molecule has 0 bridgehead atoms. The summed E-state index contributed by atoms with van der Waals surface area (Å²) in [6.45, 7) is 0. The quantitative estimate of drug-likeness (QED) is 0.719. The number of nitrogen functional groups attached to an aromatic ring is 1. The molecule has 0 amide bonds. The molecule has 0 aliphatic rings. The highest BCUT2D eigenvalue weighted by atomic mass is 19.1. The van der Waals surface area contributed by atoms with Gasteiger partial charge in [0.1, 0.15) is 5.82 Å². The van der Waals surface area contributed by atoms with E-state index in [1.165, 1.54) is 12.1 Å². The van der Waals surface area contributed by atoms with Gasteiger partial charge < -0.3 is 10.6 Å². The molecule has 0 saturated carbocycles. The van der Waals surface area contributed by atoms with Crippen molar-refractivity contribution in [2.75, 3.05) is 17.7 Å². The van der Waals surface area contributed by atoms with Crippen molar-refractivity contribution in [2.45, 2.75) is 0 Å². The minimum absolute atomic E-state index is 0.257. The number of hydrogen-bond donors (Lipinski definition) is 1. The fraction of sp³-hybridized carbons (Fsp3) is 0.0625. The number of pyridine rings is 1. The van der Waals surface area contributed by atoms with E-state index in [2.05, 4.69) is 4.98 Å². The van der Waals surface area contributed by atoms with Crippen LogP contribution in [0.3, 0.4) is 0 Å². The number of rotatable bonds is 2. The molecule has 20 heavy (non-hydrogen) atoms. The molecule has 0 unspecified atom stereocenters. The molecule has 3 aromatic rings. The van der Waals surface area contributed by atoms with Crippen LogP contribution in [0.4, 0.5) is 21.5 Å². The van der Waals surface area contributed by atoms with Crippen molar-refractivity contribution in [2.24, 2.45) is 0 Å². The van der Waals surface area contributed by atoms with E-state index in [0.717, 1.165) is 22.3 Å². The molecule has 0 radical (unpaired) electrons. The van der Waals surface area contributed by atoms with Gasteiger partial charge in [0, 0.05) is 24.3 Å². The lowest BCUT2D eigenvalue weighted by Crippen LogP contribution is -2.10. The second-order valence-corrected chi connectivity index (χ2v) is 4.61. The molecule has 1 aromatic heterocycles. The molecule has 0 saturated heterocycles. The zero-order chi connectivity index (χ0) is 14.1. The fourth-order valence-corrected chi connectivity index (χ4v) is 2.30. The fourth-order valence-electron chi connectivity index (χ4n) is 2.30. The highest BCUT2D eigenvalue weighted by Crippen LogP contribution is 2.32. The molecule has 100 valence electrons. The number of aromatic nitrogens is 1. The summed E-state index contributed by atoms with van der Waals surface area (Å²) in [5, 5.41) is 0.944. The number of halogens is 1. The number of nitrogens with two attached hydrogens (primary N) is 1. The molecule has 0 spiro atoms. The van der Waals surface area contributed by atoms with Crippen molar-refractivity contribution in [3.05, 3.63) is 60.5 Å². The number of fused-ring (bicyclic) bond motifs is 1. The molecular weight excluding hydrogens is 253 g/mol. The van der Waals surface area contributed by atoms with Crippen LogP contribution in [0.25, 0.3) is 10.9 Å². The van der Waals surface area contributed by atoms with E-state index in [-0.39, 0.29) is 5.82 Å². The minimum atomic E-state index is -0.257. The van der Waals surface area contributed by atoms with Gasteiger partial charge in [-0.1, -0.05) is 6.07 Å². The van der Waals surface area contributed by atoms with E-state index in [1.54, 1.807) is 12.3 Å². The van der Waals surface area contributed by atoms with Gasteiger partial charge in [0.05, 0.1) is 16.9 Å². The number of anilines is 3. The van der Waals surface area contributed by atoms with Gasteiger partial charge in [0.2, 0.25) is 0 Å². The third-order valence-corrected chi connectivity index (χ3v) is 3.33. The normalized spacial score (nSPS) is 10.7. The average Bonchev–Trinajstić information content (AvgIpc) is 2.47. The maximum atomic E-state index is 13.4. The average molecular weight is 267 g/mol. The van der Waals surface area contributed by atoms with Crippen molar-refractivity contribution in [3.8, 4) is 0 Å². The monoisotopic (exact) mass is 267 g/mol. The molecule has 1 heterocycles. The number of hydrogen-bond acceptors (Lipinski definition) is 3. The van der Waals surface area contributed by atoms with Crippen LogP contribution in [0.5, 0.6) is 0 Å². The Morgan fingerprint density at radius 3 is 2.75 bits per heavy atom. The minimum Gasteiger partial charge on any atom is -0.397 e. The third kappa shape index (κ3) is 2.05. The van der Waals surface area contributed by atoms with Gasteiger partial charge in [0.15, 0.2) is 0 Å². The van der Waals surface area contributed by atoms with E-state index in [4.69, 9.17) is 5.73 Å². The molecule has 2 aromatic carbocycles. The molecule has 0 aliphatic heterocycles. The van der Waals surface area contributed by atoms with Crippen LogP contribution in [0.15, 0.2) is 54.7 Å². The molecule has 4 heteroatoms. The maximum Gasteiger partial charge on any atom is 0.125 e. The Morgan fingerprint density at radius 2 is 1.95 bits per heavy atom. The second kappa shape index (κ2) is 4.81. The molecule has 2 N–H and O–H groups in total. The van der Waals surface area contributed by atoms with Gasteiger partial charge in [0.25, 0.3) is 0 Å². The van der Waals surface area contributed by atoms with Crippen LogP contribution in [-0.4, -0.2) is 12.0 Å². The van der Waals surface area contributed by atoms with E-state index < -0.39 is 0 Å².